The number of hydrogen-bond acceptors (Lipinski definition) is 4. The van der Waals surface area contributed by atoms with Crippen molar-refractivity contribution in [3.05, 3.63) is 65.7 Å². The second-order valence-electron chi connectivity index (χ2n) is 8.64. The normalized spacial score (nSPS) is 22.7. The highest BCUT2D eigenvalue weighted by Gasteiger charge is 2.52. The zero-order chi connectivity index (χ0) is 21.1. The molecule has 0 bridgehead atoms. The van der Waals surface area contributed by atoms with E-state index in [0.29, 0.717) is 0 Å². The maximum atomic E-state index is 12.6. The number of nitrogens with one attached hydrogen (secondary N) is 1. The van der Waals surface area contributed by atoms with Gasteiger partial charge in [0.05, 0.1) is 30.9 Å². The molecule has 1 aliphatic heterocycles. The molecule has 0 aliphatic carbocycles. The number of aliphatic hydroxyl groups is 1. The SMILES string of the molecule is Cc1ccc(S(=O)(=O)NC[C@H]2CC[C@](CO)([Si](C)(C)Cc3ccccc3)O2)cc1. The molecule has 2 atom stereocenters. The highest BCUT2D eigenvalue weighted by Crippen LogP contribution is 2.39. The molecule has 29 heavy (non-hydrogen) atoms. The number of benzene rings is 2. The van der Waals surface area contributed by atoms with Gasteiger partial charge in [0.25, 0.3) is 0 Å². The van der Waals surface area contributed by atoms with E-state index in [2.05, 4.69) is 29.9 Å². The fourth-order valence-electron chi connectivity index (χ4n) is 4.07. The summed E-state index contributed by atoms with van der Waals surface area (Å²) in [5.74, 6) is 0. The van der Waals surface area contributed by atoms with Crippen LogP contribution in [0.5, 0.6) is 0 Å². The van der Waals surface area contributed by atoms with Gasteiger partial charge in [-0.1, -0.05) is 66.7 Å². The van der Waals surface area contributed by atoms with Crippen molar-refractivity contribution in [3.63, 3.8) is 0 Å². The number of hydrogen-bond donors (Lipinski definition) is 2. The zero-order valence-electron chi connectivity index (χ0n) is 17.4. The molecular formula is C22H31NO4SSi. The van der Waals surface area contributed by atoms with Gasteiger partial charge in [0.1, 0.15) is 0 Å². The Bertz CT molecular complexity index is 916. The highest BCUT2D eigenvalue weighted by molar-refractivity contribution is 7.89. The van der Waals surface area contributed by atoms with Crippen LogP contribution in [0.1, 0.15) is 24.0 Å². The lowest BCUT2D eigenvalue weighted by Crippen LogP contribution is -2.59. The molecular weight excluding hydrogens is 402 g/mol. The summed E-state index contributed by atoms with van der Waals surface area (Å²) in [6.45, 7) is 6.60. The third kappa shape index (κ3) is 4.98. The zero-order valence-corrected chi connectivity index (χ0v) is 19.2. The summed E-state index contributed by atoms with van der Waals surface area (Å²) in [4.78, 5) is 0.258. The maximum Gasteiger partial charge on any atom is 0.240 e. The molecule has 7 heteroatoms. The van der Waals surface area contributed by atoms with Crippen LogP contribution in [0.3, 0.4) is 0 Å². The van der Waals surface area contributed by atoms with Crippen molar-refractivity contribution in [1.82, 2.24) is 4.72 Å². The van der Waals surface area contributed by atoms with E-state index in [9.17, 15) is 13.5 Å². The minimum atomic E-state index is -3.57. The highest BCUT2D eigenvalue weighted by atomic mass is 32.2. The topological polar surface area (TPSA) is 75.6 Å². The lowest BCUT2D eigenvalue weighted by molar-refractivity contribution is -0.0235. The summed E-state index contributed by atoms with van der Waals surface area (Å²) in [6, 6.07) is 18.0. The number of aliphatic hydroxyl groups excluding tert-OH is 1. The first-order valence-electron chi connectivity index (χ1n) is 10.1. The van der Waals surface area contributed by atoms with Crippen molar-refractivity contribution >= 4 is 18.1 Å². The lowest BCUT2D eigenvalue weighted by atomic mass is 10.2. The summed E-state index contributed by atoms with van der Waals surface area (Å²) in [5, 5.41) is 9.70. The van der Waals surface area contributed by atoms with Gasteiger partial charge < -0.3 is 9.84 Å². The van der Waals surface area contributed by atoms with Crippen molar-refractivity contribution in [2.75, 3.05) is 13.2 Å². The number of aryl methyl sites for hydroxylation is 1. The van der Waals surface area contributed by atoms with E-state index in [1.165, 1.54) is 5.56 Å². The van der Waals surface area contributed by atoms with Gasteiger partial charge in [-0.15, -0.1) is 0 Å². The van der Waals surface area contributed by atoms with Crippen LogP contribution in [-0.2, 0) is 20.8 Å². The van der Waals surface area contributed by atoms with Gasteiger partial charge in [-0.05, 0) is 37.9 Å². The Labute approximate surface area is 175 Å². The second kappa shape index (κ2) is 8.69. The van der Waals surface area contributed by atoms with E-state index in [1.807, 2.05) is 25.1 Å². The minimum Gasteiger partial charge on any atom is -0.394 e. The van der Waals surface area contributed by atoms with Crippen LogP contribution in [0.15, 0.2) is 59.5 Å². The predicted molar refractivity (Wildman–Crippen MR) is 118 cm³/mol. The van der Waals surface area contributed by atoms with E-state index in [0.717, 1.165) is 24.4 Å². The Morgan fingerprint density at radius 3 is 2.41 bits per heavy atom. The third-order valence-corrected chi connectivity index (χ3v) is 11.8. The van der Waals surface area contributed by atoms with Crippen LogP contribution >= 0.6 is 0 Å². The van der Waals surface area contributed by atoms with Gasteiger partial charge in [-0.2, -0.15) is 0 Å². The van der Waals surface area contributed by atoms with Gasteiger partial charge in [0.2, 0.25) is 10.0 Å². The molecule has 1 saturated heterocycles. The van der Waals surface area contributed by atoms with Crippen LogP contribution in [-0.4, -0.2) is 46.1 Å². The number of ether oxygens (including phenoxy) is 1. The van der Waals surface area contributed by atoms with Crippen LogP contribution < -0.4 is 4.72 Å². The van der Waals surface area contributed by atoms with E-state index >= 15 is 0 Å². The Morgan fingerprint density at radius 2 is 1.79 bits per heavy atom. The average Bonchev–Trinajstić information content (AvgIpc) is 3.13. The summed E-state index contributed by atoms with van der Waals surface area (Å²) in [6.07, 6.45) is 1.26. The van der Waals surface area contributed by atoms with Gasteiger partial charge in [0, 0.05) is 6.54 Å². The molecule has 2 aromatic carbocycles. The second-order valence-corrected chi connectivity index (χ2v) is 15.4. The fraction of sp³-hybridized carbons (Fsp3) is 0.455. The smallest absolute Gasteiger partial charge is 0.240 e. The molecule has 1 heterocycles. The average molecular weight is 434 g/mol. The number of rotatable bonds is 8. The van der Waals surface area contributed by atoms with Gasteiger partial charge >= 0.3 is 0 Å². The molecule has 2 N–H and O–H groups in total. The van der Waals surface area contributed by atoms with Gasteiger partial charge in [-0.3, -0.25) is 0 Å². The summed E-state index contributed by atoms with van der Waals surface area (Å²) in [7, 11) is -5.57. The summed E-state index contributed by atoms with van der Waals surface area (Å²) < 4.78 is 34.2. The molecule has 0 amide bonds. The van der Waals surface area contributed by atoms with Crippen LogP contribution in [0.2, 0.25) is 13.1 Å². The number of sulfonamides is 1. The monoisotopic (exact) mass is 433 g/mol. The Kier molecular flexibility index (Phi) is 6.65. The molecule has 0 spiro atoms. The van der Waals surface area contributed by atoms with Crippen molar-refractivity contribution in [2.45, 2.75) is 55.1 Å². The first kappa shape index (κ1) is 22.2. The molecule has 0 unspecified atom stereocenters. The Morgan fingerprint density at radius 1 is 1.14 bits per heavy atom. The molecule has 0 radical (unpaired) electrons. The molecule has 158 valence electrons. The lowest BCUT2D eigenvalue weighted by Gasteiger charge is -2.41. The quantitative estimate of drug-likeness (QED) is 0.627. The molecule has 1 aliphatic rings. The Balaban J connectivity index is 1.66. The molecule has 5 nitrogen and oxygen atoms in total. The molecule has 3 rings (SSSR count). The molecule has 1 fully saturated rings. The molecule has 0 aromatic heterocycles. The van der Waals surface area contributed by atoms with E-state index in [1.54, 1.807) is 24.3 Å². The first-order chi connectivity index (χ1) is 13.7. The predicted octanol–water partition coefficient (Wildman–Crippen LogP) is 3.21. The maximum absolute atomic E-state index is 12.6. The van der Waals surface area contributed by atoms with E-state index in [4.69, 9.17) is 4.74 Å². The van der Waals surface area contributed by atoms with Crippen LogP contribution in [0.25, 0.3) is 0 Å². The van der Waals surface area contributed by atoms with Gasteiger partial charge in [-0.25, -0.2) is 13.1 Å². The van der Waals surface area contributed by atoms with E-state index in [-0.39, 0.29) is 24.2 Å². The van der Waals surface area contributed by atoms with E-state index < -0.39 is 23.3 Å². The van der Waals surface area contributed by atoms with Crippen molar-refractivity contribution in [1.29, 1.82) is 0 Å². The Hall–Kier alpha value is -1.51. The molecule has 0 saturated carbocycles. The molecule has 2 aromatic rings. The summed E-state index contributed by atoms with van der Waals surface area (Å²) >= 11 is 0. The summed E-state index contributed by atoms with van der Waals surface area (Å²) in [5.41, 5.74) is 2.27. The van der Waals surface area contributed by atoms with Gasteiger partial charge in [0.15, 0.2) is 0 Å². The minimum absolute atomic E-state index is 0.0275. The van der Waals surface area contributed by atoms with Crippen molar-refractivity contribution in [3.8, 4) is 0 Å². The first-order valence-corrected chi connectivity index (χ1v) is 14.8. The van der Waals surface area contributed by atoms with Crippen molar-refractivity contribution in [2.24, 2.45) is 0 Å². The fourth-order valence-corrected chi connectivity index (χ4v) is 8.45. The van der Waals surface area contributed by atoms with Crippen molar-refractivity contribution < 1.29 is 18.3 Å². The standard InChI is InChI=1S/C22H31NO4SSi/c1-18-9-11-21(12-10-18)28(25,26)23-15-20-13-14-22(17-24,27-20)29(2,3)16-19-7-5-4-6-8-19/h4-12,20,23-24H,13-17H2,1-3H3/t20-,22-/m1/s1. The van der Waals surface area contributed by atoms with Crippen LogP contribution in [0.4, 0.5) is 0 Å². The third-order valence-electron chi connectivity index (χ3n) is 6.07. The van der Waals surface area contributed by atoms with Crippen LogP contribution in [0, 0.1) is 6.92 Å². The largest absolute Gasteiger partial charge is 0.394 e.